The van der Waals surface area contributed by atoms with Crippen LogP contribution in [0.25, 0.3) is 0 Å². The second kappa shape index (κ2) is 8.78. The van der Waals surface area contributed by atoms with Gasteiger partial charge in [0.05, 0.1) is 0 Å². The monoisotopic (exact) mass is 294 g/mol. The van der Waals surface area contributed by atoms with Crippen molar-refractivity contribution < 1.29 is 0 Å². The van der Waals surface area contributed by atoms with Gasteiger partial charge in [-0.1, -0.05) is 85.5 Å². The highest BCUT2D eigenvalue weighted by Gasteiger charge is 2.18. The number of hydrogen-bond donors (Lipinski definition) is 0. The largest absolute Gasteiger partial charge is 0.0625 e. The van der Waals surface area contributed by atoms with E-state index < -0.39 is 0 Å². The first-order valence-electron chi connectivity index (χ1n) is 8.70. The highest BCUT2D eigenvalue weighted by Crippen LogP contribution is 2.30. The molecular formula is C22H30. The second-order valence-electron chi connectivity index (χ2n) is 6.97. The Morgan fingerprint density at radius 2 is 1.27 bits per heavy atom. The summed E-state index contributed by atoms with van der Waals surface area (Å²) in [7, 11) is 0. The molecule has 0 atom stereocenters. The minimum atomic E-state index is 0.948. The summed E-state index contributed by atoms with van der Waals surface area (Å²) < 4.78 is 0. The maximum Gasteiger partial charge on any atom is -0.0250 e. The highest BCUT2D eigenvalue weighted by molar-refractivity contribution is 5.21. The maximum absolute atomic E-state index is 2.39. The molecule has 0 nitrogen and oxygen atoms in total. The topological polar surface area (TPSA) is 0 Å². The van der Waals surface area contributed by atoms with Crippen molar-refractivity contribution >= 4 is 0 Å². The van der Waals surface area contributed by atoms with Gasteiger partial charge in [0.25, 0.3) is 0 Å². The lowest BCUT2D eigenvalue weighted by Crippen LogP contribution is -2.14. The van der Waals surface area contributed by atoms with Gasteiger partial charge in [-0.15, -0.1) is 0 Å². The zero-order valence-corrected chi connectivity index (χ0v) is 14.4. The molecule has 0 N–H and O–H groups in total. The third kappa shape index (κ3) is 6.05. The van der Waals surface area contributed by atoms with Crippen molar-refractivity contribution in [2.75, 3.05) is 0 Å². The minimum Gasteiger partial charge on any atom is -0.0625 e. The fourth-order valence-corrected chi connectivity index (χ4v) is 3.13. The third-order valence-electron chi connectivity index (χ3n) is 4.72. The molecule has 0 unspecified atom stereocenters. The molecule has 22 heavy (non-hydrogen) atoms. The molecule has 2 aromatic carbocycles. The Balaban J connectivity index is 0.000000211. The molecule has 0 heteroatoms. The van der Waals surface area contributed by atoms with Crippen molar-refractivity contribution in [3.8, 4) is 0 Å². The van der Waals surface area contributed by atoms with Crippen molar-refractivity contribution in [2.24, 2.45) is 11.8 Å². The molecule has 0 aliphatic heterocycles. The molecular weight excluding hydrogens is 264 g/mol. The molecule has 0 spiro atoms. The molecule has 3 rings (SSSR count). The van der Waals surface area contributed by atoms with E-state index in [1.165, 1.54) is 48.8 Å². The molecule has 1 saturated carbocycles. The van der Waals surface area contributed by atoms with Crippen LogP contribution in [-0.4, -0.2) is 0 Å². The van der Waals surface area contributed by atoms with Gasteiger partial charge in [-0.3, -0.25) is 0 Å². The highest BCUT2D eigenvalue weighted by atomic mass is 14.2. The van der Waals surface area contributed by atoms with Gasteiger partial charge in [-0.05, 0) is 50.5 Å². The average molecular weight is 294 g/mol. The lowest BCUT2D eigenvalue weighted by molar-refractivity contribution is 0.289. The van der Waals surface area contributed by atoms with Crippen LogP contribution in [-0.2, 0) is 6.42 Å². The molecule has 0 amide bonds. The summed E-state index contributed by atoms with van der Waals surface area (Å²) in [5.74, 6) is 1.92. The minimum absolute atomic E-state index is 0.948. The van der Waals surface area contributed by atoms with Crippen molar-refractivity contribution in [3.63, 3.8) is 0 Å². The van der Waals surface area contributed by atoms with E-state index in [9.17, 15) is 0 Å². The van der Waals surface area contributed by atoms with Crippen molar-refractivity contribution in [1.82, 2.24) is 0 Å². The first-order valence-corrected chi connectivity index (χ1v) is 8.70. The van der Waals surface area contributed by atoms with Crippen LogP contribution in [0.2, 0.25) is 0 Å². The molecule has 118 valence electrons. The first kappa shape index (κ1) is 16.8. The number of aryl methyl sites for hydroxylation is 2. The van der Waals surface area contributed by atoms with Gasteiger partial charge >= 0.3 is 0 Å². The van der Waals surface area contributed by atoms with Gasteiger partial charge in [0.2, 0.25) is 0 Å². The lowest BCUT2D eigenvalue weighted by atomic mass is 9.80. The predicted molar refractivity (Wildman–Crippen MR) is 97.2 cm³/mol. The van der Waals surface area contributed by atoms with Crippen LogP contribution in [0.3, 0.4) is 0 Å². The van der Waals surface area contributed by atoms with Crippen LogP contribution < -0.4 is 0 Å². The van der Waals surface area contributed by atoms with Crippen molar-refractivity contribution in [2.45, 2.75) is 52.9 Å². The normalized spacial score (nSPS) is 20.9. The Morgan fingerprint density at radius 3 is 1.77 bits per heavy atom. The summed E-state index contributed by atoms with van der Waals surface area (Å²) in [6, 6.07) is 19.3. The Labute approximate surface area is 136 Å². The quantitative estimate of drug-likeness (QED) is 0.604. The fraction of sp³-hybridized carbons (Fsp3) is 0.455. The van der Waals surface area contributed by atoms with Crippen molar-refractivity contribution in [1.29, 1.82) is 0 Å². The molecule has 0 aromatic heterocycles. The summed E-state index contributed by atoms with van der Waals surface area (Å²) in [6.45, 7) is 6.63. The van der Waals surface area contributed by atoms with Gasteiger partial charge < -0.3 is 0 Å². The fourth-order valence-electron chi connectivity index (χ4n) is 3.13. The SMILES string of the molecule is Cc1ccc(CC2CCC(C)CC2)cc1.Cc1ccccc1. The van der Waals surface area contributed by atoms with Crippen LogP contribution in [0.15, 0.2) is 54.6 Å². The summed E-state index contributed by atoms with van der Waals surface area (Å²) in [5, 5.41) is 0. The summed E-state index contributed by atoms with van der Waals surface area (Å²) >= 11 is 0. The van der Waals surface area contributed by atoms with Gasteiger partial charge in [0.1, 0.15) is 0 Å². The van der Waals surface area contributed by atoms with Gasteiger partial charge in [0, 0.05) is 0 Å². The number of hydrogen-bond acceptors (Lipinski definition) is 0. The molecule has 1 fully saturated rings. The molecule has 1 aliphatic rings. The van der Waals surface area contributed by atoms with E-state index in [0.717, 1.165) is 11.8 Å². The summed E-state index contributed by atoms with van der Waals surface area (Å²) in [5.41, 5.74) is 4.22. The van der Waals surface area contributed by atoms with Crippen LogP contribution in [0.4, 0.5) is 0 Å². The van der Waals surface area contributed by atoms with Crippen LogP contribution >= 0.6 is 0 Å². The molecule has 0 bridgehead atoms. The number of rotatable bonds is 2. The van der Waals surface area contributed by atoms with E-state index in [4.69, 9.17) is 0 Å². The summed E-state index contributed by atoms with van der Waals surface area (Å²) in [6.07, 6.45) is 7.06. The smallest absolute Gasteiger partial charge is 0.0250 e. The zero-order chi connectivity index (χ0) is 15.8. The first-order chi connectivity index (χ1) is 10.6. The second-order valence-corrected chi connectivity index (χ2v) is 6.97. The number of benzene rings is 2. The molecule has 0 saturated heterocycles. The van der Waals surface area contributed by atoms with E-state index in [1.807, 2.05) is 18.2 Å². The van der Waals surface area contributed by atoms with E-state index in [2.05, 4.69) is 57.2 Å². The maximum atomic E-state index is 2.39. The van der Waals surface area contributed by atoms with Gasteiger partial charge in [-0.2, -0.15) is 0 Å². The Kier molecular flexibility index (Phi) is 6.71. The van der Waals surface area contributed by atoms with E-state index in [-0.39, 0.29) is 0 Å². The van der Waals surface area contributed by atoms with Crippen LogP contribution in [0, 0.1) is 25.7 Å². The van der Waals surface area contributed by atoms with Crippen LogP contribution in [0.1, 0.15) is 49.3 Å². The molecule has 2 aromatic rings. The third-order valence-corrected chi connectivity index (χ3v) is 4.72. The zero-order valence-electron chi connectivity index (χ0n) is 14.4. The average Bonchev–Trinajstić information content (AvgIpc) is 2.53. The molecule has 1 aliphatic carbocycles. The standard InChI is InChI=1S/C15H22.C7H8/c1-12-3-7-14(8-4-12)11-15-9-5-13(2)6-10-15;1-7-5-3-2-4-6-7/h3-4,7-8,13,15H,5-6,9-11H2,1-2H3;2-6H,1H3. The molecule has 0 radical (unpaired) electrons. The Bertz CT molecular complexity index is 516. The predicted octanol–water partition coefficient (Wildman–Crippen LogP) is 6.36. The van der Waals surface area contributed by atoms with E-state index in [0.29, 0.717) is 0 Å². The van der Waals surface area contributed by atoms with Gasteiger partial charge in [-0.25, -0.2) is 0 Å². The van der Waals surface area contributed by atoms with E-state index >= 15 is 0 Å². The lowest BCUT2D eigenvalue weighted by Gasteiger charge is -2.26. The van der Waals surface area contributed by atoms with Crippen LogP contribution in [0.5, 0.6) is 0 Å². The molecule has 0 heterocycles. The van der Waals surface area contributed by atoms with Crippen molar-refractivity contribution in [3.05, 3.63) is 71.3 Å². The Morgan fingerprint density at radius 1 is 0.727 bits per heavy atom. The van der Waals surface area contributed by atoms with E-state index in [1.54, 1.807) is 0 Å². The summed E-state index contributed by atoms with van der Waals surface area (Å²) in [4.78, 5) is 0. The Hall–Kier alpha value is -1.56. The van der Waals surface area contributed by atoms with Gasteiger partial charge in [0.15, 0.2) is 0 Å².